The van der Waals surface area contributed by atoms with Gasteiger partial charge in [0.15, 0.2) is 0 Å². The van der Waals surface area contributed by atoms with Crippen LogP contribution in [0.3, 0.4) is 0 Å². The van der Waals surface area contributed by atoms with Crippen molar-refractivity contribution in [2.75, 3.05) is 11.9 Å². The van der Waals surface area contributed by atoms with Gasteiger partial charge in [-0.1, -0.05) is 6.08 Å². The Bertz CT molecular complexity index is 474. The molecule has 1 aromatic carbocycles. The molecule has 0 fully saturated rings. The van der Waals surface area contributed by atoms with Crippen molar-refractivity contribution in [3.05, 3.63) is 40.9 Å². The van der Waals surface area contributed by atoms with Crippen molar-refractivity contribution in [1.82, 2.24) is 5.32 Å². The Hall–Kier alpha value is -1.82. The molecule has 18 heavy (non-hydrogen) atoms. The minimum atomic E-state index is -1.02. The summed E-state index contributed by atoms with van der Waals surface area (Å²) in [5.41, 5.74) is 0.663. The second-order valence-corrected chi connectivity index (χ2v) is 4.31. The summed E-state index contributed by atoms with van der Waals surface area (Å²) in [7, 11) is 0. The fourth-order valence-electron chi connectivity index (χ4n) is 1.20. The van der Waals surface area contributed by atoms with Crippen molar-refractivity contribution in [2.45, 2.75) is 6.42 Å². The molecule has 0 heterocycles. The van der Waals surface area contributed by atoms with E-state index in [4.69, 9.17) is 5.11 Å². The number of carboxylic acids is 1. The van der Waals surface area contributed by atoms with Crippen LogP contribution in [0, 0.1) is 0 Å². The summed E-state index contributed by atoms with van der Waals surface area (Å²) in [6.07, 6.45) is 2.39. The Morgan fingerprint density at radius 3 is 2.72 bits per heavy atom. The van der Waals surface area contributed by atoms with E-state index in [1.807, 2.05) is 0 Å². The minimum Gasteiger partial charge on any atom is -0.478 e. The summed E-state index contributed by atoms with van der Waals surface area (Å²) >= 11 is 3.20. The van der Waals surface area contributed by atoms with E-state index in [1.54, 1.807) is 6.08 Å². The first-order valence-electron chi connectivity index (χ1n) is 5.23. The van der Waals surface area contributed by atoms with Gasteiger partial charge in [-0.25, -0.2) is 9.59 Å². The number of carboxylic acid groups (broad SMARTS) is 1. The number of benzene rings is 1. The molecular formula is C12H13BrN2O3. The van der Waals surface area contributed by atoms with Crippen LogP contribution in [0.15, 0.2) is 35.3 Å². The highest BCUT2D eigenvalue weighted by atomic mass is 79.9. The number of rotatable bonds is 5. The Balaban J connectivity index is 2.65. The average Bonchev–Trinajstić information content (AvgIpc) is 2.32. The number of amides is 2. The maximum atomic E-state index is 11.5. The van der Waals surface area contributed by atoms with Gasteiger partial charge in [0.05, 0.1) is 11.3 Å². The number of hydrogen-bond donors (Lipinski definition) is 3. The number of carbonyl (C=O) groups is 2. The highest BCUT2D eigenvalue weighted by Gasteiger charge is 2.08. The smallest absolute Gasteiger partial charge is 0.335 e. The lowest BCUT2D eigenvalue weighted by atomic mass is 10.2. The minimum absolute atomic E-state index is 0.152. The van der Waals surface area contributed by atoms with E-state index in [0.29, 0.717) is 23.1 Å². The van der Waals surface area contributed by atoms with Gasteiger partial charge < -0.3 is 15.7 Å². The van der Waals surface area contributed by atoms with E-state index in [1.165, 1.54) is 18.2 Å². The van der Waals surface area contributed by atoms with E-state index in [9.17, 15) is 9.59 Å². The number of hydrogen-bond acceptors (Lipinski definition) is 2. The second-order valence-electron chi connectivity index (χ2n) is 3.46. The molecule has 0 unspecified atom stereocenters. The van der Waals surface area contributed by atoms with Crippen molar-refractivity contribution >= 4 is 33.6 Å². The molecule has 6 heteroatoms. The molecule has 0 spiro atoms. The van der Waals surface area contributed by atoms with Crippen LogP contribution in [-0.2, 0) is 0 Å². The standard InChI is InChI=1S/C12H13BrN2O3/c1-2-3-6-14-12(18)15-10-5-4-8(11(16)17)7-9(10)13/h2,4-5,7H,1,3,6H2,(H,16,17)(H2,14,15,18). The largest absolute Gasteiger partial charge is 0.478 e. The van der Waals surface area contributed by atoms with Crippen molar-refractivity contribution < 1.29 is 14.7 Å². The van der Waals surface area contributed by atoms with Gasteiger partial charge in [0.2, 0.25) is 0 Å². The SMILES string of the molecule is C=CCCNC(=O)Nc1ccc(C(=O)O)cc1Br. The highest BCUT2D eigenvalue weighted by Crippen LogP contribution is 2.23. The quantitative estimate of drug-likeness (QED) is 0.578. The molecule has 0 saturated heterocycles. The lowest BCUT2D eigenvalue weighted by Gasteiger charge is -2.09. The van der Waals surface area contributed by atoms with E-state index in [2.05, 4.69) is 33.1 Å². The normalized spacial score (nSPS) is 9.61. The van der Waals surface area contributed by atoms with Gasteiger partial charge in [-0.2, -0.15) is 0 Å². The van der Waals surface area contributed by atoms with Crippen LogP contribution in [0.4, 0.5) is 10.5 Å². The number of aromatic carboxylic acids is 1. The van der Waals surface area contributed by atoms with Gasteiger partial charge in [0, 0.05) is 11.0 Å². The van der Waals surface area contributed by atoms with E-state index in [-0.39, 0.29) is 11.6 Å². The summed E-state index contributed by atoms with van der Waals surface area (Å²) in [5.74, 6) is -1.02. The molecule has 0 atom stereocenters. The van der Waals surface area contributed by atoms with Crippen molar-refractivity contribution in [3.8, 4) is 0 Å². The Labute approximate surface area is 113 Å². The summed E-state index contributed by atoms with van der Waals surface area (Å²) in [4.78, 5) is 22.2. The van der Waals surface area contributed by atoms with Crippen LogP contribution in [-0.4, -0.2) is 23.7 Å². The van der Waals surface area contributed by atoms with Crippen LogP contribution in [0.25, 0.3) is 0 Å². The van der Waals surface area contributed by atoms with E-state index in [0.717, 1.165) is 0 Å². The van der Waals surface area contributed by atoms with Crippen LogP contribution >= 0.6 is 15.9 Å². The molecule has 1 rings (SSSR count). The molecule has 0 aliphatic rings. The third-order valence-electron chi connectivity index (χ3n) is 2.10. The lowest BCUT2D eigenvalue weighted by molar-refractivity contribution is 0.0697. The highest BCUT2D eigenvalue weighted by molar-refractivity contribution is 9.10. The molecule has 2 amide bonds. The molecule has 0 aromatic heterocycles. The van der Waals surface area contributed by atoms with Crippen molar-refractivity contribution in [2.24, 2.45) is 0 Å². The topological polar surface area (TPSA) is 78.4 Å². The second kappa shape index (κ2) is 6.80. The summed E-state index contributed by atoms with van der Waals surface area (Å²) in [5, 5.41) is 14.0. The van der Waals surface area contributed by atoms with E-state index < -0.39 is 5.97 Å². The first-order chi connectivity index (χ1) is 8.54. The fourth-order valence-corrected chi connectivity index (χ4v) is 1.68. The maximum Gasteiger partial charge on any atom is 0.335 e. The molecule has 0 aliphatic carbocycles. The predicted molar refractivity (Wildman–Crippen MR) is 72.9 cm³/mol. The van der Waals surface area contributed by atoms with Crippen LogP contribution < -0.4 is 10.6 Å². The third-order valence-corrected chi connectivity index (χ3v) is 2.75. The maximum absolute atomic E-state index is 11.5. The molecular weight excluding hydrogens is 300 g/mol. The molecule has 0 aliphatic heterocycles. The summed E-state index contributed by atoms with van der Waals surface area (Å²) in [6.45, 7) is 4.05. The van der Waals surface area contributed by atoms with Crippen LogP contribution in [0.1, 0.15) is 16.8 Å². The Kier molecular flexibility index (Phi) is 5.38. The zero-order valence-electron chi connectivity index (χ0n) is 9.57. The summed E-state index contributed by atoms with van der Waals surface area (Å²) < 4.78 is 0.515. The lowest BCUT2D eigenvalue weighted by Crippen LogP contribution is -2.29. The van der Waals surface area contributed by atoms with Crippen molar-refractivity contribution in [3.63, 3.8) is 0 Å². The summed E-state index contributed by atoms with van der Waals surface area (Å²) in [6, 6.07) is 4.04. The van der Waals surface area contributed by atoms with Gasteiger partial charge >= 0.3 is 12.0 Å². The average molecular weight is 313 g/mol. The first-order valence-corrected chi connectivity index (χ1v) is 6.02. The number of carbonyl (C=O) groups excluding carboxylic acids is 1. The number of halogens is 1. The molecule has 5 nitrogen and oxygen atoms in total. The zero-order chi connectivity index (χ0) is 13.5. The van der Waals surface area contributed by atoms with Crippen LogP contribution in [0.2, 0.25) is 0 Å². The molecule has 96 valence electrons. The molecule has 0 bridgehead atoms. The Morgan fingerprint density at radius 2 is 2.17 bits per heavy atom. The fraction of sp³-hybridized carbons (Fsp3) is 0.167. The number of anilines is 1. The van der Waals surface area contributed by atoms with Gasteiger partial charge in [-0.15, -0.1) is 6.58 Å². The van der Waals surface area contributed by atoms with Gasteiger partial charge in [0.25, 0.3) is 0 Å². The number of urea groups is 1. The zero-order valence-corrected chi connectivity index (χ0v) is 11.2. The van der Waals surface area contributed by atoms with Crippen molar-refractivity contribution in [1.29, 1.82) is 0 Å². The Morgan fingerprint density at radius 1 is 1.44 bits per heavy atom. The first kappa shape index (κ1) is 14.2. The van der Waals surface area contributed by atoms with Gasteiger partial charge in [-0.05, 0) is 40.5 Å². The molecule has 0 saturated carbocycles. The third kappa shape index (κ3) is 4.21. The number of nitrogens with one attached hydrogen (secondary N) is 2. The van der Waals surface area contributed by atoms with Gasteiger partial charge in [-0.3, -0.25) is 0 Å². The van der Waals surface area contributed by atoms with Crippen LogP contribution in [0.5, 0.6) is 0 Å². The van der Waals surface area contributed by atoms with Gasteiger partial charge in [0.1, 0.15) is 0 Å². The molecule has 0 radical (unpaired) electrons. The molecule has 3 N–H and O–H groups in total. The predicted octanol–water partition coefficient (Wildman–Crippen LogP) is 2.84. The molecule has 1 aromatic rings. The monoisotopic (exact) mass is 312 g/mol. The van der Waals surface area contributed by atoms with E-state index >= 15 is 0 Å².